The van der Waals surface area contributed by atoms with Crippen molar-refractivity contribution in [3.63, 3.8) is 0 Å². The molecule has 0 aliphatic heterocycles. The second-order valence-electron chi connectivity index (χ2n) is 5.11. The van der Waals surface area contributed by atoms with Gasteiger partial charge < -0.3 is 15.7 Å². The number of benzene rings is 1. The smallest absolute Gasteiger partial charge is 0.319 e. The Morgan fingerprint density at radius 1 is 1.14 bits per heavy atom. The van der Waals surface area contributed by atoms with Crippen molar-refractivity contribution in [1.82, 2.24) is 5.32 Å². The summed E-state index contributed by atoms with van der Waals surface area (Å²) < 4.78 is 1.68. The molecule has 1 aromatic rings. The number of amides is 2. The Morgan fingerprint density at radius 2 is 1.81 bits per heavy atom. The van der Waals surface area contributed by atoms with Crippen molar-refractivity contribution in [3.05, 3.63) is 27.1 Å². The highest BCUT2D eigenvalue weighted by molar-refractivity contribution is 9.11. The number of carbonyl (C=O) groups excluding carboxylic acids is 1. The molecule has 2 rings (SSSR count). The maximum absolute atomic E-state index is 12.0. The van der Waals surface area contributed by atoms with Crippen molar-refractivity contribution in [2.24, 2.45) is 5.92 Å². The Kier molecular flexibility index (Phi) is 5.64. The second kappa shape index (κ2) is 7.26. The van der Waals surface area contributed by atoms with E-state index in [1.165, 1.54) is 0 Å². The van der Waals surface area contributed by atoms with Crippen LogP contribution in [-0.2, 0) is 4.79 Å². The maximum Gasteiger partial charge on any atom is 0.319 e. The number of hydrogen-bond donors (Lipinski definition) is 3. The SMILES string of the molecule is O=C(Nc1cc(Br)ccc1Br)NC1CCC(C(=O)O)CC1. The molecule has 21 heavy (non-hydrogen) atoms. The molecule has 7 heteroatoms. The van der Waals surface area contributed by atoms with Gasteiger partial charge in [-0.15, -0.1) is 0 Å². The number of halogens is 2. The molecular weight excluding hydrogens is 404 g/mol. The van der Waals surface area contributed by atoms with Crippen molar-refractivity contribution in [3.8, 4) is 0 Å². The summed E-state index contributed by atoms with van der Waals surface area (Å²) in [6.07, 6.45) is 2.62. The average molecular weight is 420 g/mol. The predicted octanol–water partition coefficient (Wildman–Crippen LogP) is 3.98. The number of aliphatic carboxylic acids is 1. The minimum absolute atomic E-state index is 0.0338. The molecule has 2 amide bonds. The monoisotopic (exact) mass is 418 g/mol. The number of nitrogens with one attached hydrogen (secondary N) is 2. The third-order valence-electron chi connectivity index (χ3n) is 3.59. The molecule has 114 valence electrons. The predicted molar refractivity (Wildman–Crippen MR) is 87.4 cm³/mol. The van der Waals surface area contributed by atoms with Crippen LogP contribution in [0.5, 0.6) is 0 Å². The fourth-order valence-electron chi connectivity index (χ4n) is 2.42. The molecule has 5 nitrogen and oxygen atoms in total. The fraction of sp³-hybridized carbons (Fsp3) is 0.429. The van der Waals surface area contributed by atoms with Crippen molar-refractivity contribution in [1.29, 1.82) is 0 Å². The van der Waals surface area contributed by atoms with Crippen LogP contribution < -0.4 is 10.6 Å². The quantitative estimate of drug-likeness (QED) is 0.693. The summed E-state index contributed by atoms with van der Waals surface area (Å²) in [5, 5.41) is 14.6. The van der Waals surface area contributed by atoms with Crippen molar-refractivity contribution >= 4 is 49.5 Å². The van der Waals surface area contributed by atoms with E-state index < -0.39 is 5.97 Å². The third kappa shape index (κ3) is 4.71. The summed E-state index contributed by atoms with van der Waals surface area (Å²) in [5.74, 6) is -1.01. The van der Waals surface area contributed by atoms with Crippen LogP contribution in [0.4, 0.5) is 10.5 Å². The van der Waals surface area contributed by atoms with Gasteiger partial charge in [0.25, 0.3) is 0 Å². The van der Waals surface area contributed by atoms with E-state index in [1.54, 1.807) is 0 Å². The van der Waals surface area contributed by atoms with E-state index in [4.69, 9.17) is 5.11 Å². The topological polar surface area (TPSA) is 78.4 Å². The number of urea groups is 1. The highest BCUT2D eigenvalue weighted by atomic mass is 79.9. The van der Waals surface area contributed by atoms with Gasteiger partial charge in [-0.2, -0.15) is 0 Å². The maximum atomic E-state index is 12.0. The molecule has 1 fully saturated rings. The van der Waals surface area contributed by atoms with Gasteiger partial charge in [-0.3, -0.25) is 4.79 Å². The Hall–Kier alpha value is -1.08. The molecule has 1 aromatic carbocycles. The van der Waals surface area contributed by atoms with Crippen LogP contribution >= 0.6 is 31.9 Å². The zero-order valence-corrected chi connectivity index (χ0v) is 14.4. The van der Waals surface area contributed by atoms with Gasteiger partial charge in [0.2, 0.25) is 0 Å². The Morgan fingerprint density at radius 3 is 2.43 bits per heavy atom. The number of carbonyl (C=O) groups is 2. The molecule has 0 aromatic heterocycles. The van der Waals surface area contributed by atoms with Crippen molar-refractivity contribution in [2.45, 2.75) is 31.7 Å². The van der Waals surface area contributed by atoms with Crippen LogP contribution in [0.25, 0.3) is 0 Å². The average Bonchev–Trinajstić information content (AvgIpc) is 2.43. The van der Waals surface area contributed by atoms with Crippen LogP contribution in [0.1, 0.15) is 25.7 Å². The van der Waals surface area contributed by atoms with Crippen LogP contribution in [0.15, 0.2) is 27.1 Å². The Labute approximate surface area is 139 Å². The normalized spacial score (nSPS) is 21.6. The van der Waals surface area contributed by atoms with E-state index >= 15 is 0 Å². The first-order valence-corrected chi connectivity index (χ1v) is 8.29. The number of anilines is 1. The molecule has 0 saturated heterocycles. The molecule has 1 aliphatic carbocycles. The summed E-state index contributed by atoms with van der Waals surface area (Å²) in [5.41, 5.74) is 0.682. The number of carboxylic acid groups (broad SMARTS) is 1. The molecule has 0 unspecified atom stereocenters. The lowest BCUT2D eigenvalue weighted by molar-refractivity contribution is -0.142. The third-order valence-corrected chi connectivity index (χ3v) is 4.77. The number of carboxylic acids is 1. The van der Waals surface area contributed by atoms with Gasteiger partial charge in [-0.1, -0.05) is 15.9 Å². The second-order valence-corrected chi connectivity index (χ2v) is 6.88. The lowest BCUT2D eigenvalue weighted by Gasteiger charge is -2.26. The molecule has 0 atom stereocenters. The van der Waals surface area contributed by atoms with E-state index in [0.717, 1.165) is 8.95 Å². The summed E-state index contributed by atoms with van der Waals surface area (Å²) in [4.78, 5) is 22.9. The van der Waals surface area contributed by atoms with Crippen molar-refractivity contribution < 1.29 is 14.7 Å². The Balaban J connectivity index is 1.85. The summed E-state index contributed by atoms with van der Waals surface area (Å²) in [7, 11) is 0. The molecule has 1 saturated carbocycles. The van der Waals surface area contributed by atoms with Crippen molar-refractivity contribution in [2.75, 3.05) is 5.32 Å². The lowest BCUT2D eigenvalue weighted by Crippen LogP contribution is -2.41. The highest BCUT2D eigenvalue weighted by Crippen LogP contribution is 2.27. The largest absolute Gasteiger partial charge is 0.481 e. The molecule has 0 spiro atoms. The summed E-state index contributed by atoms with van der Waals surface area (Å²) in [6.45, 7) is 0. The summed E-state index contributed by atoms with van der Waals surface area (Å²) in [6, 6.07) is 5.29. The van der Waals surface area contributed by atoms with Crippen LogP contribution in [0, 0.1) is 5.92 Å². The number of rotatable bonds is 3. The standard InChI is InChI=1S/C14H16Br2N2O3/c15-9-3-6-11(16)12(7-9)18-14(21)17-10-4-1-8(2-5-10)13(19)20/h3,6-8,10H,1-2,4-5H2,(H,19,20)(H2,17,18,21). The van der Waals surface area contributed by atoms with Gasteiger partial charge in [0.15, 0.2) is 0 Å². The zero-order chi connectivity index (χ0) is 15.4. The van der Waals surface area contributed by atoms with Gasteiger partial charge in [-0.05, 0) is 59.8 Å². The number of hydrogen-bond acceptors (Lipinski definition) is 2. The van der Waals surface area contributed by atoms with E-state index in [-0.39, 0.29) is 18.0 Å². The van der Waals surface area contributed by atoms with Gasteiger partial charge in [-0.25, -0.2) is 4.79 Å². The minimum atomic E-state index is -0.740. The van der Waals surface area contributed by atoms with Gasteiger partial charge in [0.05, 0.1) is 11.6 Å². The van der Waals surface area contributed by atoms with E-state index in [9.17, 15) is 9.59 Å². The fourth-order valence-corrected chi connectivity index (χ4v) is 3.13. The van der Waals surface area contributed by atoms with Gasteiger partial charge in [0.1, 0.15) is 0 Å². The zero-order valence-electron chi connectivity index (χ0n) is 11.2. The highest BCUT2D eigenvalue weighted by Gasteiger charge is 2.26. The first kappa shape index (κ1) is 16.3. The molecule has 0 bridgehead atoms. The Bertz CT molecular complexity index is 543. The molecule has 1 aliphatic rings. The lowest BCUT2D eigenvalue weighted by atomic mass is 9.86. The molecule has 0 heterocycles. The summed E-state index contributed by atoms with van der Waals surface area (Å²) >= 11 is 6.74. The van der Waals surface area contributed by atoms with Crippen LogP contribution in [0.3, 0.4) is 0 Å². The van der Waals surface area contributed by atoms with Gasteiger partial charge >= 0.3 is 12.0 Å². The van der Waals surface area contributed by atoms with Gasteiger partial charge in [0, 0.05) is 15.0 Å². The van der Waals surface area contributed by atoms with Crippen LogP contribution in [0.2, 0.25) is 0 Å². The van der Waals surface area contributed by atoms with E-state index in [1.807, 2.05) is 18.2 Å². The van der Waals surface area contributed by atoms with E-state index in [0.29, 0.717) is 31.4 Å². The molecule has 0 radical (unpaired) electrons. The van der Waals surface area contributed by atoms with Crippen LogP contribution in [-0.4, -0.2) is 23.1 Å². The minimum Gasteiger partial charge on any atom is -0.481 e. The first-order chi connectivity index (χ1) is 9.95. The first-order valence-electron chi connectivity index (χ1n) is 6.71. The van der Waals surface area contributed by atoms with E-state index in [2.05, 4.69) is 42.5 Å². The molecular formula is C14H16Br2N2O3. The molecule has 3 N–H and O–H groups in total.